The molecule has 6 rings (SSSR count). The molecule has 0 heterocycles. The van der Waals surface area contributed by atoms with Gasteiger partial charge in [-0.15, -0.1) is 0 Å². The van der Waals surface area contributed by atoms with Gasteiger partial charge in [-0.25, -0.2) is 0 Å². The normalized spacial score (nSPS) is 11.8. The number of halogens is 2. The van der Waals surface area contributed by atoms with E-state index in [0.717, 1.165) is 36.6 Å². The summed E-state index contributed by atoms with van der Waals surface area (Å²) < 4.78 is 13.7. The molecule has 0 saturated heterocycles. The first-order valence-corrected chi connectivity index (χ1v) is 11.9. The highest BCUT2D eigenvalue weighted by Crippen LogP contribution is 2.48. The van der Waals surface area contributed by atoms with Crippen molar-refractivity contribution in [2.24, 2.45) is 0 Å². The fourth-order valence-electron chi connectivity index (χ4n) is 4.96. The highest BCUT2D eigenvalue weighted by Gasteiger charge is 2.19. The molecule has 0 amide bonds. The van der Waals surface area contributed by atoms with Crippen LogP contribution in [-0.2, 0) is 0 Å². The zero-order valence-corrected chi connectivity index (χ0v) is 20.7. The molecule has 0 spiro atoms. The molecule has 0 unspecified atom stereocenters. The first-order chi connectivity index (χ1) is 15.6. The minimum atomic E-state index is 0.794. The van der Waals surface area contributed by atoms with Gasteiger partial charge in [-0.2, -0.15) is 0 Å². The van der Waals surface area contributed by atoms with E-state index in [1.165, 1.54) is 37.7 Å². The molecule has 156 valence electrons. The molecule has 32 heavy (non-hydrogen) atoms. The molecule has 6 aromatic carbocycles. The third-order valence-corrected chi connectivity index (χ3v) is 7.64. The van der Waals surface area contributed by atoms with Gasteiger partial charge in [0.25, 0.3) is 0 Å². The van der Waals surface area contributed by atoms with Crippen molar-refractivity contribution in [1.82, 2.24) is 0 Å². The summed E-state index contributed by atoms with van der Waals surface area (Å²) in [5, 5.41) is 11.7. The van der Waals surface area contributed by atoms with Gasteiger partial charge >= 0.3 is 0 Å². The van der Waals surface area contributed by atoms with Crippen LogP contribution >= 0.6 is 31.9 Å². The highest BCUT2D eigenvalue weighted by atomic mass is 79.9. The van der Waals surface area contributed by atoms with Gasteiger partial charge in [-0.3, -0.25) is 0 Å². The Labute approximate surface area is 202 Å². The van der Waals surface area contributed by atoms with E-state index in [2.05, 4.69) is 98.6 Å². The van der Waals surface area contributed by atoms with Gasteiger partial charge in [0.05, 0.1) is 19.6 Å². The lowest BCUT2D eigenvalue weighted by molar-refractivity contribution is 0.405. The van der Waals surface area contributed by atoms with Crippen molar-refractivity contribution in [3.8, 4) is 11.5 Å². The van der Waals surface area contributed by atoms with Crippen LogP contribution in [0.2, 0.25) is 0 Å². The zero-order valence-electron chi connectivity index (χ0n) is 17.5. The van der Waals surface area contributed by atoms with Crippen LogP contribution in [-0.4, -0.2) is 14.2 Å². The van der Waals surface area contributed by atoms with Gasteiger partial charge in [-0.05, 0) is 67.4 Å². The third-order valence-electron chi connectivity index (χ3n) is 6.33. The van der Waals surface area contributed by atoms with Gasteiger partial charge in [0, 0.05) is 14.3 Å². The van der Waals surface area contributed by atoms with Gasteiger partial charge < -0.3 is 9.47 Å². The van der Waals surface area contributed by atoms with E-state index in [1.807, 2.05) is 6.07 Å². The molecule has 0 radical (unpaired) electrons. The summed E-state index contributed by atoms with van der Waals surface area (Å²) >= 11 is 7.69. The second-order valence-electron chi connectivity index (χ2n) is 7.91. The number of rotatable bonds is 2. The number of fused-ring (bicyclic) bond motifs is 9. The van der Waals surface area contributed by atoms with Crippen molar-refractivity contribution in [3.05, 3.63) is 81.7 Å². The smallest absolute Gasteiger partial charge is 0.131 e. The lowest BCUT2D eigenvalue weighted by atomic mass is 9.90. The Hall–Kier alpha value is -2.82. The van der Waals surface area contributed by atoms with E-state index < -0.39 is 0 Å². The maximum Gasteiger partial charge on any atom is 0.131 e. The van der Waals surface area contributed by atoms with E-state index in [0.29, 0.717) is 0 Å². The first-order valence-electron chi connectivity index (χ1n) is 10.3. The first kappa shape index (κ1) is 19.8. The molecule has 6 aromatic rings. The molecule has 0 aromatic heterocycles. The summed E-state index contributed by atoms with van der Waals surface area (Å²) in [6, 6.07) is 25.8. The fourth-order valence-corrected chi connectivity index (χ4v) is 6.07. The standard InChI is InChI=1S/C28H18Br2O2/c1-31-22-12-11-20(29)27-25-17(14-23(32-2)28(22)27)13-21(30)19-10-9-16-8-7-15-5-3-4-6-18(15)24(16)26(19)25/h3-14H,1-2H3. The predicted octanol–water partition coefficient (Wildman–Crippen LogP) is 8.99. The molecule has 0 fully saturated rings. The Kier molecular flexibility index (Phi) is 4.56. The monoisotopic (exact) mass is 544 g/mol. The quantitative estimate of drug-likeness (QED) is 0.202. The average molecular weight is 546 g/mol. The van der Waals surface area contributed by atoms with Crippen LogP contribution in [0.5, 0.6) is 11.5 Å². The minimum Gasteiger partial charge on any atom is -0.496 e. The van der Waals surface area contributed by atoms with E-state index in [-0.39, 0.29) is 0 Å². The number of benzene rings is 6. The average Bonchev–Trinajstić information content (AvgIpc) is 2.83. The molecule has 0 aliphatic heterocycles. The Morgan fingerprint density at radius 2 is 1.25 bits per heavy atom. The Balaban J connectivity index is 2.03. The molecule has 0 aliphatic carbocycles. The molecule has 0 aliphatic rings. The zero-order chi connectivity index (χ0) is 22.0. The topological polar surface area (TPSA) is 18.5 Å². The molecule has 0 N–H and O–H groups in total. The minimum absolute atomic E-state index is 0.794. The molecule has 2 nitrogen and oxygen atoms in total. The van der Waals surface area contributed by atoms with Gasteiger partial charge in [0.2, 0.25) is 0 Å². The maximum atomic E-state index is 5.83. The molecule has 0 bridgehead atoms. The van der Waals surface area contributed by atoms with E-state index in [1.54, 1.807) is 14.2 Å². The van der Waals surface area contributed by atoms with Crippen molar-refractivity contribution in [1.29, 1.82) is 0 Å². The molecule has 0 saturated carbocycles. The lowest BCUT2D eigenvalue weighted by Gasteiger charge is -2.18. The Morgan fingerprint density at radius 3 is 2.06 bits per heavy atom. The molecule has 4 heteroatoms. The van der Waals surface area contributed by atoms with E-state index >= 15 is 0 Å². The van der Waals surface area contributed by atoms with Crippen LogP contribution in [0.4, 0.5) is 0 Å². The Bertz CT molecular complexity index is 1720. The van der Waals surface area contributed by atoms with Crippen LogP contribution in [0.3, 0.4) is 0 Å². The van der Waals surface area contributed by atoms with Crippen LogP contribution < -0.4 is 9.47 Å². The summed E-state index contributed by atoms with van der Waals surface area (Å²) in [6.45, 7) is 0. The van der Waals surface area contributed by atoms with Crippen molar-refractivity contribution in [2.75, 3.05) is 14.2 Å². The van der Waals surface area contributed by atoms with Crippen molar-refractivity contribution in [2.45, 2.75) is 0 Å². The van der Waals surface area contributed by atoms with Crippen molar-refractivity contribution >= 4 is 85.7 Å². The van der Waals surface area contributed by atoms with Crippen LogP contribution in [0.15, 0.2) is 81.7 Å². The van der Waals surface area contributed by atoms with E-state index in [4.69, 9.17) is 9.47 Å². The van der Waals surface area contributed by atoms with Gasteiger partial charge in [0.1, 0.15) is 11.5 Å². The second-order valence-corrected chi connectivity index (χ2v) is 9.62. The summed E-state index contributed by atoms with van der Waals surface area (Å²) in [5.74, 6) is 1.59. The molecular weight excluding hydrogens is 528 g/mol. The van der Waals surface area contributed by atoms with Crippen LogP contribution in [0, 0.1) is 0 Å². The molecular formula is C28H18Br2O2. The summed E-state index contributed by atoms with van der Waals surface area (Å²) in [5.41, 5.74) is 0. The number of hydrogen-bond donors (Lipinski definition) is 0. The van der Waals surface area contributed by atoms with Crippen molar-refractivity contribution < 1.29 is 9.47 Å². The highest BCUT2D eigenvalue weighted by molar-refractivity contribution is 9.11. The largest absolute Gasteiger partial charge is 0.496 e. The maximum absolute atomic E-state index is 5.83. The SMILES string of the molecule is COc1ccc(Br)c2c1c(OC)cc1cc(Br)c3ccc4ccc5ccccc5c4c3c12. The third kappa shape index (κ3) is 2.69. The summed E-state index contributed by atoms with van der Waals surface area (Å²) in [4.78, 5) is 0. The second kappa shape index (κ2) is 7.36. The fraction of sp³-hybridized carbons (Fsp3) is 0.0714. The predicted molar refractivity (Wildman–Crippen MR) is 142 cm³/mol. The number of hydrogen-bond acceptors (Lipinski definition) is 2. The van der Waals surface area contributed by atoms with Crippen LogP contribution in [0.1, 0.15) is 0 Å². The number of ether oxygens (including phenoxy) is 2. The van der Waals surface area contributed by atoms with Gasteiger partial charge in [0.15, 0.2) is 0 Å². The van der Waals surface area contributed by atoms with Crippen LogP contribution in [0.25, 0.3) is 53.9 Å². The van der Waals surface area contributed by atoms with Gasteiger partial charge in [-0.1, -0.05) is 80.4 Å². The summed E-state index contributed by atoms with van der Waals surface area (Å²) in [6.07, 6.45) is 0. The molecule has 0 atom stereocenters. The Morgan fingerprint density at radius 1 is 0.500 bits per heavy atom. The lowest BCUT2D eigenvalue weighted by Crippen LogP contribution is -1.93. The number of methoxy groups -OCH3 is 2. The summed E-state index contributed by atoms with van der Waals surface area (Å²) in [7, 11) is 3.41. The van der Waals surface area contributed by atoms with Crippen molar-refractivity contribution in [3.63, 3.8) is 0 Å². The van der Waals surface area contributed by atoms with E-state index in [9.17, 15) is 0 Å².